The van der Waals surface area contributed by atoms with Crippen molar-refractivity contribution in [2.75, 3.05) is 0 Å². The molecule has 0 radical (unpaired) electrons. The number of carbonyl (C=O) groups excluding carboxylic acids is 4. The third-order valence-corrected chi connectivity index (χ3v) is 6.33. The first-order valence-corrected chi connectivity index (χ1v) is 13.4. The average Bonchev–Trinajstić information content (AvgIpc) is 2.85. The van der Waals surface area contributed by atoms with E-state index in [4.69, 9.17) is 4.74 Å². The van der Waals surface area contributed by atoms with Gasteiger partial charge in [0.2, 0.25) is 17.7 Å². The summed E-state index contributed by atoms with van der Waals surface area (Å²) in [6.07, 6.45) is 0.657. The van der Waals surface area contributed by atoms with Crippen molar-refractivity contribution >= 4 is 23.7 Å². The predicted molar refractivity (Wildman–Crippen MR) is 151 cm³/mol. The van der Waals surface area contributed by atoms with E-state index >= 15 is 0 Å². The van der Waals surface area contributed by atoms with Gasteiger partial charge >= 0.3 is 5.97 Å². The lowest BCUT2D eigenvalue weighted by molar-refractivity contribution is -0.150. The fourth-order valence-electron chi connectivity index (χ4n) is 4.20. The molecule has 212 valence electrons. The van der Waals surface area contributed by atoms with Crippen LogP contribution in [0.25, 0.3) is 0 Å². The summed E-state index contributed by atoms with van der Waals surface area (Å²) in [7, 11) is 0. The van der Waals surface area contributed by atoms with Gasteiger partial charge in [0.1, 0.15) is 24.7 Å². The van der Waals surface area contributed by atoms with Gasteiger partial charge in [-0.25, -0.2) is 4.79 Å². The maximum Gasteiger partial charge on any atom is 0.328 e. The van der Waals surface area contributed by atoms with Gasteiger partial charge in [-0.2, -0.15) is 0 Å². The van der Waals surface area contributed by atoms with Crippen molar-refractivity contribution in [2.24, 2.45) is 11.3 Å². The third-order valence-electron chi connectivity index (χ3n) is 6.33. The number of hydrogen-bond donors (Lipinski definition) is 3. The molecule has 0 saturated carbocycles. The Kier molecular flexibility index (Phi) is 11.7. The summed E-state index contributed by atoms with van der Waals surface area (Å²) >= 11 is 0. The van der Waals surface area contributed by atoms with Crippen LogP contribution < -0.4 is 16.0 Å². The van der Waals surface area contributed by atoms with Gasteiger partial charge in [-0.3, -0.25) is 14.4 Å². The normalized spacial score (nSPS) is 13.6. The Morgan fingerprint density at radius 1 is 0.821 bits per heavy atom. The third kappa shape index (κ3) is 10.5. The van der Waals surface area contributed by atoms with Crippen molar-refractivity contribution in [3.05, 3.63) is 71.3 Å². The summed E-state index contributed by atoms with van der Waals surface area (Å²) in [6, 6.07) is 14.2. The van der Waals surface area contributed by atoms with Gasteiger partial charge in [-0.05, 0) is 41.4 Å². The zero-order chi connectivity index (χ0) is 29.2. The van der Waals surface area contributed by atoms with E-state index in [-0.39, 0.29) is 24.9 Å². The van der Waals surface area contributed by atoms with Gasteiger partial charge in [-0.1, -0.05) is 89.2 Å². The average molecular weight is 538 g/mol. The quantitative estimate of drug-likeness (QED) is 0.356. The Bertz CT molecular complexity index is 1120. The molecule has 39 heavy (non-hydrogen) atoms. The fourth-order valence-corrected chi connectivity index (χ4v) is 4.20. The first-order valence-electron chi connectivity index (χ1n) is 13.4. The van der Waals surface area contributed by atoms with Crippen LogP contribution >= 0.6 is 0 Å². The molecule has 0 saturated heterocycles. The second-order valence-corrected chi connectivity index (χ2v) is 11.5. The molecule has 0 fully saturated rings. The van der Waals surface area contributed by atoms with Crippen molar-refractivity contribution in [3.8, 4) is 0 Å². The number of carbonyl (C=O) groups is 4. The summed E-state index contributed by atoms with van der Waals surface area (Å²) in [5.41, 5.74) is 2.08. The molecule has 8 nitrogen and oxygen atoms in total. The van der Waals surface area contributed by atoms with Crippen LogP contribution in [0.1, 0.15) is 64.7 Å². The lowest BCUT2D eigenvalue weighted by Gasteiger charge is -2.33. The SMILES string of the molecule is CC(=O)NC(Cc1ccccc1C)C(=O)NC(C(=O)NC(CC(C)C)C(=O)OCc1ccccc1)C(C)(C)C. The van der Waals surface area contributed by atoms with Crippen LogP contribution in [0.5, 0.6) is 0 Å². The van der Waals surface area contributed by atoms with Crippen molar-refractivity contribution in [3.63, 3.8) is 0 Å². The molecule has 3 unspecified atom stereocenters. The fraction of sp³-hybridized carbons (Fsp3) is 0.484. The molecule has 0 heterocycles. The molecule has 2 aromatic carbocycles. The number of ether oxygens (including phenoxy) is 1. The predicted octanol–water partition coefficient (Wildman–Crippen LogP) is 3.85. The molecule has 3 atom stereocenters. The molecule has 0 bridgehead atoms. The maximum absolute atomic E-state index is 13.5. The highest BCUT2D eigenvalue weighted by Crippen LogP contribution is 2.21. The van der Waals surface area contributed by atoms with Gasteiger partial charge in [-0.15, -0.1) is 0 Å². The first kappa shape index (κ1) is 31.5. The largest absolute Gasteiger partial charge is 0.459 e. The molecule has 3 amide bonds. The van der Waals surface area contributed by atoms with E-state index < -0.39 is 41.3 Å². The Morgan fingerprint density at radius 3 is 2.00 bits per heavy atom. The molecule has 2 aromatic rings. The van der Waals surface area contributed by atoms with Crippen LogP contribution in [-0.2, 0) is 36.9 Å². The zero-order valence-corrected chi connectivity index (χ0v) is 24.2. The number of nitrogens with one attached hydrogen (secondary N) is 3. The monoisotopic (exact) mass is 537 g/mol. The van der Waals surface area contributed by atoms with E-state index in [9.17, 15) is 19.2 Å². The lowest BCUT2D eigenvalue weighted by Crippen LogP contribution is -2.60. The second kappa shape index (κ2) is 14.5. The van der Waals surface area contributed by atoms with E-state index in [0.717, 1.165) is 16.7 Å². The summed E-state index contributed by atoms with van der Waals surface area (Å²) in [4.78, 5) is 51.8. The van der Waals surface area contributed by atoms with Crippen LogP contribution in [0.15, 0.2) is 54.6 Å². The minimum atomic E-state index is -0.963. The second-order valence-electron chi connectivity index (χ2n) is 11.5. The standard InChI is InChI=1S/C31H43N3O5/c1-20(2)17-26(30(38)39-19-23-14-9-8-10-15-23)33-29(37)27(31(5,6)7)34-28(36)25(32-22(4)35)18-24-16-12-11-13-21(24)3/h8-16,20,25-27H,17-19H2,1-7H3,(H,32,35)(H,33,37)(H,34,36). The molecule has 2 rings (SSSR count). The number of benzene rings is 2. The van der Waals surface area contributed by atoms with Gasteiger partial charge < -0.3 is 20.7 Å². The summed E-state index contributed by atoms with van der Waals surface area (Å²) in [6.45, 7) is 12.8. The van der Waals surface area contributed by atoms with Crippen LogP contribution in [0.2, 0.25) is 0 Å². The summed E-state index contributed by atoms with van der Waals surface area (Å²) in [5, 5.41) is 8.37. The number of amides is 3. The Morgan fingerprint density at radius 2 is 1.44 bits per heavy atom. The number of hydrogen-bond acceptors (Lipinski definition) is 5. The van der Waals surface area contributed by atoms with E-state index in [0.29, 0.717) is 6.42 Å². The minimum absolute atomic E-state index is 0.0981. The molecular formula is C31H43N3O5. The highest BCUT2D eigenvalue weighted by Gasteiger charge is 2.37. The summed E-state index contributed by atoms with van der Waals surface area (Å²) < 4.78 is 5.51. The van der Waals surface area contributed by atoms with Crippen molar-refractivity contribution in [1.82, 2.24) is 16.0 Å². The molecule has 3 N–H and O–H groups in total. The Labute approximate surface area is 232 Å². The number of esters is 1. The van der Waals surface area contributed by atoms with E-state index in [2.05, 4.69) is 16.0 Å². The molecule has 0 aromatic heterocycles. The topological polar surface area (TPSA) is 114 Å². The molecule has 0 aliphatic heterocycles. The van der Waals surface area contributed by atoms with Crippen molar-refractivity contribution in [1.29, 1.82) is 0 Å². The first-order chi connectivity index (χ1) is 18.3. The van der Waals surface area contributed by atoms with Crippen molar-refractivity contribution in [2.45, 2.75) is 86.0 Å². The number of aryl methyl sites for hydroxylation is 1. The van der Waals surface area contributed by atoms with Crippen molar-refractivity contribution < 1.29 is 23.9 Å². The van der Waals surface area contributed by atoms with Gasteiger partial charge in [0.25, 0.3) is 0 Å². The molecule has 0 aliphatic carbocycles. The molecule has 0 aliphatic rings. The lowest BCUT2D eigenvalue weighted by atomic mass is 9.85. The van der Waals surface area contributed by atoms with Crippen LogP contribution in [0.4, 0.5) is 0 Å². The van der Waals surface area contributed by atoms with Crippen LogP contribution in [-0.4, -0.2) is 41.8 Å². The molecule has 8 heteroatoms. The smallest absolute Gasteiger partial charge is 0.328 e. The van der Waals surface area contributed by atoms with E-state index in [1.807, 2.05) is 96.1 Å². The van der Waals surface area contributed by atoms with Gasteiger partial charge in [0, 0.05) is 13.3 Å². The molecular weight excluding hydrogens is 494 g/mol. The molecule has 0 spiro atoms. The number of rotatable bonds is 12. The highest BCUT2D eigenvalue weighted by molar-refractivity contribution is 5.94. The minimum Gasteiger partial charge on any atom is -0.459 e. The Balaban J connectivity index is 2.19. The Hall–Kier alpha value is -3.68. The van der Waals surface area contributed by atoms with Gasteiger partial charge in [0.15, 0.2) is 0 Å². The van der Waals surface area contributed by atoms with E-state index in [1.54, 1.807) is 0 Å². The van der Waals surface area contributed by atoms with Crippen LogP contribution in [0, 0.1) is 18.3 Å². The summed E-state index contributed by atoms with van der Waals surface area (Å²) in [5.74, 6) is -1.74. The maximum atomic E-state index is 13.5. The highest BCUT2D eigenvalue weighted by atomic mass is 16.5. The van der Waals surface area contributed by atoms with Crippen LogP contribution in [0.3, 0.4) is 0 Å². The van der Waals surface area contributed by atoms with E-state index in [1.165, 1.54) is 6.92 Å². The van der Waals surface area contributed by atoms with Gasteiger partial charge in [0.05, 0.1) is 0 Å². The zero-order valence-electron chi connectivity index (χ0n) is 24.2.